The van der Waals surface area contributed by atoms with Gasteiger partial charge in [0.05, 0.1) is 24.1 Å². The van der Waals surface area contributed by atoms with Crippen LogP contribution >= 0.6 is 11.3 Å². The highest BCUT2D eigenvalue weighted by atomic mass is 32.1. The number of aryl methyl sites for hydroxylation is 2. The van der Waals surface area contributed by atoms with Crippen LogP contribution < -0.4 is 0 Å². The average Bonchev–Trinajstić information content (AvgIpc) is 2.97. The Morgan fingerprint density at radius 1 is 1.27 bits per heavy atom. The van der Waals surface area contributed by atoms with Crippen molar-refractivity contribution in [2.75, 3.05) is 39.5 Å². The van der Waals surface area contributed by atoms with Crippen molar-refractivity contribution < 1.29 is 19.0 Å². The number of nitrogens with zero attached hydrogens (tertiary/aromatic N) is 1. The van der Waals surface area contributed by atoms with E-state index in [-0.39, 0.29) is 17.6 Å². The van der Waals surface area contributed by atoms with E-state index in [1.54, 1.807) is 11.3 Å². The van der Waals surface area contributed by atoms with Gasteiger partial charge >= 0.3 is 0 Å². The van der Waals surface area contributed by atoms with E-state index in [9.17, 15) is 4.79 Å². The minimum atomic E-state index is -0.185. The van der Waals surface area contributed by atoms with Crippen LogP contribution in [0.3, 0.4) is 0 Å². The second-order valence-electron chi connectivity index (χ2n) is 8.05. The Balaban J connectivity index is 1.27. The molecule has 0 aromatic carbocycles. The van der Waals surface area contributed by atoms with Crippen LogP contribution in [0.2, 0.25) is 0 Å². The fourth-order valence-corrected chi connectivity index (χ4v) is 5.16. The minimum absolute atomic E-state index is 0.144. The molecule has 3 saturated heterocycles. The molecule has 0 aliphatic carbocycles. The lowest BCUT2D eigenvalue weighted by Gasteiger charge is -2.53. The molecule has 0 N–H and O–H groups in total. The van der Waals surface area contributed by atoms with Crippen molar-refractivity contribution >= 4 is 17.2 Å². The Labute approximate surface area is 159 Å². The number of thiophene rings is 1. The molecule has 0 bridgehead atoms. The quantitative estimate of drug-likeness (QED) is 0.806. The molecule has 5 nitrogen and oxygen atoms in total. The summed E-state index contributed by atoms with van der Waals surface area (Å²) >= 11 is 1.59. The van der Waals surface area contributed by atoms with Crippen LogP contribution in [0.15, 0.2) is 6.07 Å². The summed E-state index contributed by atoms with van der Waals surface area (Å²) in [5, 5.41) is 0. The first-order valence-electron chi connectivity index (χ1n) is 9.74. The van der Waals surface area contributed by atoms with Crippen molar-refractivity contribution in [3.8, 4) is 0 Å². The summed E-state index contributed by atoms with van der Waals surface area (Å²) in [7, 11) is 0. The lowest BCUT2D eigenvalue weighted by molar-refractivity contribution is -0.188. The van der Waals surface area contributed by atoms with Crippen LogP contribution in [0.1, 0.15) is 45.8 Å². The van der Waals surface area contributed by atoms with Gasteiger partial charge in [0.25, 0.3) is 5.91 Å². The Morgan fingerprint density at radius 2 is 2.04 bits per heavy atom. The number of rotatable bonds is 4. The first kappa shape index (κ1) is 18.4. The van der Waals surface area contributed by atoms with Gasteiger partial charge in [-0.15, -0.1) is 11.3 Å². The Kier molecular flexibility index (Phi) is 5.37. The molecule has 1 aromatic rings. The predicted molar refractivity (Wildman–Crippen MR) is 101 cm³/mol. The van der Waals surface area contributed by atoms with E-state index in [1.165, 1.54) is 10.4 Å². The molecule has 3 aliphatic heterocycles. The van der Waals surface area contributed by atoms with Crippen molar-refractivity contribution in [2.45, 2.75) is 51.2 Å². The molecule has 0 saturated carbocycles. The molecule has 3 fully saturated rings. The molecule has 1 atom stereocenters. The maximum absolute atomic E-state index is 12.7. The van der Waals surface area contributed by atoms with Gasteiger partial charge in [0.1, 0.15) is 5.60 Å². The molecular formula is C20H29NO4S. The maximum atomic E-state index is 12.7. The summed E-state index contributed by atoms with van der Waals surface area (Å²) in [5.41, 5.74) is 1.01. The van der Waals surface area contributed by atoms with Gasteiger partial charge in [-0.1, -0.05) is 0 Å². The van der Waals surface area contributed by atoms with E-state index < -0.39 is 0 Å². The largest absolute Gasteiger partial charge is 0.381 e. The molecule has 1 spiro atoms. The third-order valence-electron chi connectivity index (χ3n) is 5.98. The third-order valence-corrected chi connectivity index (χ3v) is 7.12. The first-order chi connectivity index (χ1) is 12.5. The maximum Gasteiger partial charge on any atom is 0.264 e. The van der Waals surface area contributed by atoms with E-state index in [0.717, 1.165) is 57.0 Å². The van der Waals surface area contributed by atoms with Gasteiger partial charge in [-0.2, -0.15) is 0 Å². The Morgan fingerprint density at radius 3 is 2.73 bits per heavy atom. The molecule has 1 unspecified atom stereocenters. The summed E-state index contributed by atoms with van der Waals surface area (Å²) in [6.45, 7) is 8.81. The molecule has 1 aromatic heterocycles. The number of hydrogen-bond donors (Lipinski definition) is 0. The molecule has 26 heavy (non-hydrogen) atoms. The van der Waals surface area contributed by atoms with Crippen LogP contribution in [-0.4, -0.2) is 62.0 Å². The molecule has 0 radical (unpaired) electrons. The van der Waals surface area contributed by atoms with Gasteiger partial charge in [-0.05, 0) is 50.7 Å². The van der Waals surface area contributed by atoms with E-state index in [0.29, 0.717) is 19.0 Å². The number of carbonyl (C=O) groups excluding carboxylic acids is 1. The van der Waals surface area contributed by atoms with Crippen molar-refractivity contribution in [2.24, 2.45) is 5.92 Å². The highest BCUT2D eigenvalue weighted by Gasteiger charge is 2.50. The van der Waals surface area contributed by atoms with Gasteiger partial charge in [-0.3, -0.25) is 4.79 Å². The third kappa shape index (κ3) is 3.84. The van der Waals surface area contributed by atoms with Crippen LogP contribution in [0.4, 0.5) is 0 Å². The molecular weight excluding hydrogens is 350 g/mol. The number of carbonyl (C=O) groups is 1. The van der Waals surface area contributed by atoms with E-state index in [4.69, 9.17) is 14.2 Å². The zero-order chi connectivity index (χ0) is 18.1. The van der Waals surface area contributed by atoms with Crippen LogP contribution in [0, 0.1) is 19.8 Å². The molecule has 6 heteroatoms. The fourth-order valence-electron chi connectivity index (χ4n) is 4.16. The number of hydrogen-bond acceptors (Lipinski definition) is 5. The summed E-state index contributed by atoms with van der Waals surface area (Å²) in [6.07, 6.45) is 4.34. The van der Waals surface area contributed by atoms with E-state index in [1.807, 2.05) is 11.0 Å². The first-order valence-corrected chi connectivity index (χ1v) is 10.6. The smallest absolute Gasteiger partial charge is 0.264 e. The molecule has 4 rings (SSSR count). The van der Waals surface area contributed by atoms with Gasteiger partial charge in [0, 0.05) is 37.7 Å². The van der Waals surface area contributed by atoms with Crippen molar-refractivity contribution in [3.05, 3.63) is 21.4 Å². The van der Waals surface area contributed by atoms with Crippen molar-refractivity contribution in [1.29, 1.82) is 0 Å². The SMILES string of the molecule is Cc1cc(C(=O)N2CC3(CC(OCC4CCOCC4)CCO3)C2)sc1C. The van der Waals surface area contributed by atoms with Gasteiger partial charge < -0.3 is 19.1 Å². The normalized spacial score (nSPS) is 26.1. The van der Waals surface area contributed by atoms with Crippen molar-refractivity contribution in [1.82, 2.24) is 4.90 Å². The van der Waals surface area contributed by atoms with Crippen LogP contribution in [0.5, 0.6) is 0 Å². The molecule has 4 heterocycles. The second-order valence-corrected chi connectivity index (χ2v) is 9.30. The molecule has 1 amide bonds. The van der Waals surface area contributed by atoms with Crippen LogP contribution in [-0.2, 0) is 14.2 Å². The predicted octanol–water partition coefficient (Wildman–Crippen LogP) is 3.18. The van der Waals surface area contributed by atoms with Gasteiger partial charge in [0.15, 0.2) is 0 Å². The Bertz CT molecular complexity index is 627. The summed E-state index contributed by atoms with van der Waals surface area (Å²) in [4.78, 5) is 16.7. The van der Waals surface area contributed by atoms with E-state index >= 15 is 0 Å². The molecule has 144 valence electrons. The van der Waals surface area contributed by atoms with Gasteiger partial charge in [0.2, 0.25) is 0 Å². The van der Waals surface area contributed by atoms with E-state index in [2.05, 4.69) is 13.8 Å². The number of amides is 1. The zero-order valence-electron chi connectivity index (χ0n) is 15.8. The standard InChI is InChI=1S/C20H29NO4S/c1-14-9-18(26-15(14)2)19(22)21-12-20(13-21)10-17(5-8-25-20)24-11-16-3-6-23-7-4-16/h9,16-17H,3-8,10-13H2,1-2H3. The van der Waals surface area contributed by atoms with Gasteiger partial charge in [-0.25, -0.2) is 0 Å². The number of likely N-dealkylation sites (tertiary alicyclic amines) is 1. The summed E-state index contributed by atoms with van der Waals surface area (Å²) in [5.74, 6) is 0.776. The minimum Gasteiger partial charge on any atom is -0.381 e. The topological polar surface area (TPSA) is 48.0 Å². The number of ether oxygens (including phenoxy) is 3. The summed E-state index contributed by atoms with van der Waals surface area (Å²) in [6, 6.07) is 2.01. The average molecular weight is 380 g/mol. The lowest BCUT2D eigenvalue weighted by Crippen LogP contribution is -2.67. The highest BCUT2D eigenvalue weighted by Crippen LogP contribution is 2.37. The van der Waals surface area contributed by atoms with Crippen molar-refractivity contribution in [3.63, 3.8) is 0 Å². The molecule has 3 aliphatic rings. The second kappa shape index (κ2) is 7.58. The summed E-state index contributed by atoms with van der Waals surface area (Å²) < 4.78 is 17.7. The Hall–Kier alpha value is -0.950. The van der Waals surface area contributed by atoms with Crippen LogP contribution in [0.25, 0.3) is 0 Å². The fraction of sp³-hybridized carbons (Fsp3) is 0.750. The zero-order valence-corrected chi connectivity index (χ0v) is 16.6. The monoisotopic (exact) mass is 379 g/mol. The lowest BCUT2D eigenvalue weighted by atomic mass is 9.84. The highest BCUT2D eigenvalue weighted by molar-refractivity contribution is 7.14.